The van der Waals surface area contributed by atoms with Gasteiger partial charge < -0.3 is 24.1 Å². The van der Waals surface area contributed by atoms with Gasteiger partial charge in [0.2, 0.25) is 0 Å². The lowest BCUT2D eigenvalue weighted by Crippen LogP contribution is -2.04. The number of benzene rings is 2. The van der Waals surface area contributed by atoms with Gasteiger partial charge in [-0.2, -0.15) is 0 Å². The van der Waals surface area contributed by atoms with E-state index in [0.29, 0.717) is 28.0 Å². The Hall–Kier alpha value is -2.63. The molecule has 0 radical (unpaired) electrons. The van der Waals surface area contributed by atoms with Crippen molar-refractivity contribution in [3.8, 4) is 23.0 Å². The van der Waals surface area contributed by atoms with Gasteiger partial charge in [0.05, 0.1) is 39.2 Å². The standard InChI is InChI=1S/C15H16O6/c1-18-9-5-6-10(19-2)13-12(9)11(20-3)7-8(15(16)17)14(13)21-4/h5-7H,1-4H3,(H,16,17). The van der Waals surface area contributed by atoms with Gasteiger partial charge in [-0.3, -0.25) is 0 Å². The first-order chi connectivity index (χ1) is 10.1. The number of carboxylic acid groups (broad SMARTS) is 1. The van der Waals surface area contributed by atoms with Gasteiger partial charge in [0.15, 0.2) is 0 Å². The predicted octanol–water partition coefficient (Wildman–Crippen LogP) is 2.57. The minimum absolute atomic E-state index is 0.00611. The van der Waals surface area contributed by atoms with E-state index in [2.05, 4.69) is 0 Å². The molecule has 0 aliphatic rings. The van der Waals surface area contributed by atoms with Gasteiger partial charge in [-0.15, -0.1) is 0 Å². The molecule has 2 aromatic rings. The number of carboxylic acids is 1. The van der Waals surface area contributed by atoms with Gasteiger partial charge in [-0.05, 0) is 18.2 Å². The number of hydrogen-bond donors (Lipinski definition) is 1. The highest BCUT2D eigenvalue weighted by Gasteiger charge is 2.23. The highest BCUT2D eigenvalue weighted by atomic mass is 16.5. The van der Waals surface area contributed by atoms with Gasteiger partial charge in [0, 0.05) is 0 Å². The lowest BCUT2D eigenvalue weighted by atomic mass is 10.0. The molecule has 0 spiro atoms. The molecule has 0 unspecified atom stereocenters. The van der Waals surface area contributed by atoms with Crippen LogP contribution in [0.2, 0.25) is 0 Å². The Balaban J connectivity index is 3.05. The van der Waals surface area contributed by atoms with Crippen molar-refractivity contribution in [1.29, 1.82) is 0 Å². The highest BCUT2D eigenvalue weighted by molar-refractivity contribution is 6.08. The minimum Gasteiger partial charge on any atom is -0.496 e. The summed E-state index contributed by atoms with van der Waals surface area (Å²) in [5.74, 6) is 0.479. The molecule has 112 valence electrons. The van der Waals surface area contributed by atoms with E-state index in [1.54, 1.807) is 12.1 Å². The molecule has 0 amide bonds. The molecule has 6 nitrogen and oxygen atoms in total. The molecule has 2 aromatic carbocycles. The normalized spacial score (nSPS) is 10.3. The molecule has 0 fully saturated rings. The maximum Gasteiger partial charge on any atom is 0.339 e. The largest absolute Gasteiger partial charge is 0.496 e. The topological polar surface area (TPSA) is 74.2 Å². The minimum atomic E-state index is -1.11. The van der Waals surface area contributed by atoms with E-state index < -0.39 is 5.97 Å². The average molecular weight is 292 g/mol. The molecular formula is C15H16O6. The molecule has 21 heavy (non-hydrogen) atoms. The van der Waals surface area contributed by atoms with Crippen LogP contribution in [0.5, 0.6) is 23.0 Å². The Bertz CT molecular complexity index is 692. The summed E-state index contributed by atoms with van der Waals surface area (Å²) in [6, 6.07) is 4.82. The summed E-state index contributed by atoms with van der Waals surface area (Å²) in [6.45, 7) is 0. The summed E-state index contributed by atoms with van der Waals surface area (Å²) < 4.78 is 21.2. The van der Waals surface area contributed by atoms with E-state index in [4.69, 9.17) is 18.9 Å². The Kier molecular flexibility index (Phi) is 4.07. The summed E-state index contributed by atoms with van der Waals surface area (Å²) >= 11 is 0. The Morgan fingerprint density at radius 2 is 1.38 bits per heavy atom. The Labute approximate surface area is 121 Å². The zero-order valence-electron chi connectivity index (χ0n) is 12.2. The van der Waals surface area contributed by atoms with E-state index in [1.807, 2.05) is 0 Å². The summed E-state index contributed by atoms with van der Waals surface area (Å²) in [6.07, 6.45) is 0. The molecule has 0 aliphatic heterocycles. The summed E-state index contributed by atoms with van der Waals surface area (Å²) in [5, 5.41) is 10.5. The second kappa shape index (κ2) is 5.78. The van der Waals surface area contributed by atoms with Gasteiger partial charge in [-0.1, -0.05) is 0 Å². The molecule has 0 aromatic heterocycles. The number of fused-ring (bicyclic) bond motifs is 1. The van der Waals surface area contributed by atoms with Crippen LogP contribution in [0.3, 0.4) is 0 Å². The Morgan fingerprint density at radius 3 is 1.81 bits per heavy atom. The van der Waals surface area contributed by atoms with Crippen molar-refractivity contribution in [1.82, 2.24) is 0 Å². The molecule has 2 rings (SSSR count). The van der Waals surface area contributed by atoms with Crippen LogP contribution in [-0.4, -0.2) is 39.5 Å². The third-order valence-corrected chi connectivity index (χ3v) is 3.22. The summed E-state index contributed by atoms with van der Waals surface area (Å²) in [7, 11) is 5.90. The first kappa shape index (κ1) is 14.8. The lowest BCUT2D eigenvalue weighted by molar-refractivity contribution is 0.0693. The van der Waals surface area contributed by atoms with Crippen LogP contribution in [0, 0.1) is 0 Å². The van der Waals surface area contributed by atoms with E-state index in [-0.39, 0.29) is 11.3 Å². The molecule has 0 saturated heterocycles. The average Bonchev–Trinajstić information content (AvgIpc) is 2.51. The SMILES string of the molecule is COc1ccc(OC)c2c(OC)c(C(=O)O)cc(OC)c12. The van der Waals surface area contributed by atoms with Crippen molar-refractivity contribution in [3.63, 3.8) is 0 Å². The van der Waals surface area contributed by atoms with Crippen molar-refractivity contribution in [2.24, 2.45) is 0 Å². The number of rotatable bonds is 5. The zero-order valence-corrected chi connectivity index (χ0v) is 12.2. The Morgan fingerprint density at radius 1 is 0.857 bits per heavy atom. The van der Waals surface area contributed by atoms with Crippen LogP contribution in [0.25, 0.3) is 10.8 Å². The van der Waals surface area contributed by atoms with E-state index in [1.165, 1.54) is 34.5 Å². The lowest BCUT2D eigenvalue weighted by Gasteiger charge is -2.17. The van der Waals surface area contributed by atoms with Crippen LogP contribution >= 0.6 is 0 Å². The van der Waals surface area contributed by atoms with Crippen LogP contribution in [0.4, 0.5) is 0 Å². The molecular weight excluding hydrogens is 276 g/mol. The molecule has 0 bridgehead atoms. The summed E-state index contributed by atoms with van der Waals surface area (Å²) in [4.78, 5) is 11.4. The van der Waals surface area contributed by atoms with Crippen molar-refractivity contribution >= 4 is 16.7 Å². The van der Waals surface area contributed by atoms with Crippen LogP contribution in [-0.2, 0) is 0 Å². The van der Waals surface area contributed by atoms with Crippen molar-refractivity contribution in [2.75, 3.05) is 28.4 Å². The molecule has 0 aliphatic carbocycles. The van der Waals surface area contributed by atoms with Crippen molar-refractivity contribution in [2.45, 2.75) is 0 Å². The van der Waals surface area contributed by atoms with Crippen molar-refractivity contribution < 1.29 is 28.8 Å². The second-order valence-electron chi connectivity index (χ2n) is 4.18. The van der Waals surface area contributed by atoms with Crippen LogP contribution < -0.4 is 18.9 Å². The number of aromatic carboxylic acids is 1. The van der Waals surface area contributed by atoms with Gasteiger partial charge in [0.1, 0.15) is 28.6 Å². The maximum atomic E-state index is 11.4. The quantitative estimate of drug-likeness (QED) is 0.913. The number of hydrogen-bond acceptors (Lipinski definition) is 5. The fourth-order valence-electron chi connectivity index (χ4n) is 2.31. The highest BCUT2D eigenvalue weighted by Crippen LogP contribution is 2.46. The van der Waals surface area contributed by atoms with E-state index in [0.717, 1.165) is 0 Å². The van der Waals surface area contributed by atoms with E-state index >= 15 is 0 Å². The molecule has 1 N–H and O–H groups in total. The fraction of sp³-hybridized carbons (Fsp3) is 0.267. The zero-order chi connectivity index (χ0) is 15.6. The third kappa shape index (κ3) is 2.29. The second-order valence-corrected chi connectivity index (χ2v) is 4.18. The van der Waals surface area contributed by atoms with Gasteiger partial charge >= 0.3 is 5.97 Å². The first-order valence-corrected chi connectivity index (χ1v) is 6.12. The van der Waals surface area contributed by atoms with Gasteiger partial charge in [-0.25, -0.2) is 4.79 Å². The van der Waals surface area contributed by atoms with Crippen molar-refractivity contribution in [3.05, 3.63) is 23.8 Å². The predicted molar refractivity (Wildman–Crippen MR) is 77.1 cm³/mol. The van der Waals surface area contributed by atoms with E-state index in [9.17, 15) is 9.90 Å². The monoisotopic (exact) mass is 292 g/mol. The molecule has 0 heterocycles. The summed E-state index contributed by atoms with van der Waals surface area (Å²) in [5.41, 5.74) is -0.00611. The number of carbonyl (C=O) groups is 1. The first-order valence-electron chi connectivity index (χ1n) is 6.12. The fourth-order valence-corrected chi connectivity index (χ4v) is 2.31. The number of ether oxygens (including phenoxy) is 4. The number of methoxy groups -OCH3 is 4. The van der Waals surface area contributed by atoms with Crippen LogP contribution in [0.1, 0.15) is 10.4 Å². The maximum absolute atomic E-state index is 11.4. The smallest absolute Gasteiger partial charge is 0.339 e. The molecule has 6 heteroatoms. The molecule has 0 atom stereocenters. The van der Waals surface area contributed by atoms with Gasteiger partial charge in [0.25, 0.3) is 0 Å². The third-order valence-electron chi connectivity index (χ3n) is 3.22. The van der Waals surface area contributed by atoms with Crippen LogP contribution in [0.15, 0.2) is 18.2 Å². The molecule has 0 saturated carbocycles.